The molecule has 0 unspecified atom stereocenters. The summed E-state index contributed by atoms with van der Waals surface area (Å²) in [6.45, 7) is 10.2. The van der Waals surface area contributed by atoms with Crippen LogP contribution in [-0.2, 0) is 13.3 Å². The van der Waals surface area contributed by atoms with Gasteiger partial charge in [-0.05, 0) is 18.8 Å². The van der Waals surface area contributed by atoms with Gasteiger partial charge in [0.2, 0.25) is 0 Å². The minimum Gasteiger partial charge on any atom is -0.377 e. The second-order valence-electron chi connectivity index (χ2n) is 4.89. The van der Waals surface area contributed by atoms with Gasteiger partial charge in [0.15, 0.2) is 0 Å². The highest BCUT2D eigenvalue weighted by Crippen LogP contribution is 2.21. The normalized spacial score (nSPS) is 12.4. The van der Waals surface area contributed by atoms with Crippen LogP contribution in [0, 0.1) is 5.92 Å². The first kappa shape index (κ1) is 17.1. The lowest BCUT2D eigenvalue weighted by Gasteiger charge is -2.29. The van der Waals surface area contributed by atoms with Gasteiger partial charge in [0.25, 0.3) is 0 Å². The van der Waals surface area contributed by atoms with E-state index in [1.165, 1.54) is 0 Å². The minimum atomic E-state index is -2.41. The van der Waals surface area contributed by atoms with Gasteiger partial charge in [0, 0.05) is 26.4 Å². The summed E-state index contributed by atoms with van der Waals surface area (Å²) in [5, 5.41) is 0. The van der Waals surface area contributed by atoms with Crippen molar-refractivity contribution in [1.82, 2.24) is 0 Å². The molecule has 17 heavy (non-hydrogen) atoms. The Balaban J connectivity index is 4.28. The second kappa shape index (κ2) is 10.1. The third-order valence-electron chi connectivity index (χ3n) is 2.61. The summed E-state index contributed by atoms with van der Waals surface area (Å²) in [4.78, 5) is 0. The molecule has 0 aromatic carbocycles. The molecule has 0 saturated carbocycles. The van der Waals surface area contributed by atoms with Gasteiger partial charge in [-0.3, -0.25) is 0 Å². The fraction of sp³-hybridized carbons (Fsp3) is 1.00. The largest absolute Gasteiger partial charge is 0.500 e. The van der Waals surface area contributed by atoms with Crippen LogP contribution < -0.4 is 0 Å². The van der Waals surface area contributed by atoms with E-state index in [-0.39, 0.29) is 0 Å². The molecule has 0 aliphatic heterocycles. The molecule has 4 heteroatoms. The Morgan fingerprint density at radius 3 is 1.71 bits per heavy atom. The van der Waals surface area contributed by atoms with Crippen LogP contribution in [0.25, 0.3) is 0 Å². The van der Waals surface area contributed by atoms with Crippen LogP contribution in [0.5, 0.6) is 0 Å². The van der Waals surface area contributed by atoms with E-state index < -0.39 is 8.80 Å². The molecule has 0 spiro atoms. The van der Waals surface area contributed by atoms with Crippen molar-refractivity contribution in [1.29, 1.82) is 0 Å². The first-order chi connectivity index (χ1) is 8.10. The molecule has 0 aromatic heterocycles. The first-order valence-electron chi connectivity index (χ1n) is 6.93. The van der Waals surface area contributed by atoms with Crippen molar-refractivity contribution in [3.63, 3.8) is 0 Å². The highest BCUT2D eigenvalue weighted by Gasteiger charge is 2.40. The maximum Gasteiger partial charge on any atom is 0.500 e. The van der Waals surface area contributed by atoms with E-state index in [0.29, 0.717) is 5.92 Å². The highest BCUT2D eigenvalue weighted by molar-refractivity contribution is 6.60. The van der Waals surface area contributed by atoms with Gasteiger partial charge >= 0.3 is 8.80 Å². The van der Waals surface area contributed by atoms with E-state index in [2.05, 4.69) is 27.7 Å². The summed E-state index contributed by atoms with van der Waals surface area (Å²) < 4.78 is 17.6. The lowest BCUT2D eigenvalue weighted by Crippen LogP contribution is -2.46. The van der Waals surface area contributed by atoms with Crippen molar-refractivity contribution in [2.75, 3.05) is 20.3 Å². The molecule has 104 valence electrons. The predicted molar refractivity (Wildman–Crippen MR) is 74.1 cm³/mol. The fourth-order valence-electron chi connectivity index (χ4n) is 1.60. The molecule has 0 atom stereocenters. The molecule has 0 bridgehead atoms. The molecule has 0 fully saturated rings. The topological polar surface area (TPSA) is 27.7 Å². The standard InChI is InChI=1S/C13H30O3Si/c1-6-8-10-15-17(14-5,12-13(3)4)16-11-9-7-2/h13H,6-12H2,1-5H3. The van der Waals surface area contributed by atoms with Gasteiger partial charge in [-0.25, -0.2) is 0 Å². The average molecular weight is 262 g/mol. The van der Waals surface area contributed by atoms with Gasteiger partial charge in [0.05, 0.1) is 0 Å². The second-order valence-corrected chi connectivity index (χ2v) is 7.65. The Morgan fingerprint density at radius 2 is 1.41 bits per heavy atom. The Morgan fingerprint density at radius 1 is 0.941 bits per heavy atom. The number of unbranched alkanes of at least 4 members (excludes halogenated alkanes) is 2. The molecular formula is C13H30O3Si. The van der Waals surface area contributed by atoms with Crippen LogP contribution in [0.1, 0.15) is 53.4 Å². The lowest BCUT2D eigenvalue weighted by atomic mass is 10.3. The van der Waals surface area contributed by atoms with Crippen LogP contribution in [-0.4, -0.2) is 29.1 Å². The van der Waals surface area contributed by atoms with Crippen molar-refractivity contribution in [2.24, 2.45) is 5.92 Å². The van der Waals surface area contributed by atoms with Crippen LogP contribution >= 0.6 is 0 Å². The van der Waals surface area contributed by atoms with Crippen LogP contribution in [0.3, 0.4) is 0 Å². The van der Waals surface area contributed by atoms with E-state index in [0.717, 1.165) is 44.9 Å². The zero-order chi connectivity index (χ0) is 13.1. The van der Waals surface area contributed by atoms with Gasteiger partial charge in [-0.2, -0.15) is 0 Å². The van der Waals surface area contributed by atoms with Crippen molar-refractivity contribution in [2.45, 2.75) is 59.4 Å². The van der Waals surface area contributed by atoms with Crippen molar-refractivity contribution in [3.8, 4) is 0 Å². The molecule has 0 N–H and O–H groups in total. The first-order valence-corrected chi connectivity index (χ1v) is 8.86. The van der Waals surface area contributed by atoms with Gasteiger partial charge < -0.3 is 13.3 Å². The molecule has 0 heterocycles. The zero-order valence-electron chi connectivity index (χ0n) is 12.3. The van der Waals surface area contributed by atoms with E-state index in [4.69, 9.17) is 13.3 Å². The van der Waals surface area contributed by atoms with Crippen molar-refractivity contribution >= 4 is 8.80 Å². The molecule has 0 aliphatic rings. The summed E-state index contributed by atoms with van der Waals surface area (Å²) in [6, 6.07) is 0.914. The van der Waals surface area contributed by atoms with Gasteiger partial charge in [0.1, 0.15) is 0 Å². The van der Waals surface area contributed by atoms with Gasteiger partial charge in [-0.15, -0.1) is 0 Å². The molecule has 0 aromatic rings. The molecule has 0 aliphatic carbocycles. The summed E-state index contributed by atoms with van der Waals surface area (Å²) in [5.41, 5.74) is 0. The third-order valence-corrected chi connectivity index (χ3v) is 5.84. The van der Waals surface area contributed by atoms with E-state index in [1.54, 1.807) is 7.11 Å². The summed E-state index contributed by atoms with van der Waals surface area (Å²) >= 11 is 0. The quantitative estimate of drug-likeness (QED) is 0.418. The molecule has 3 nitrogen and oxygen atoms in total. The minimum absolute atomic E-state index is 0.546. The van der Waals surface area contributed by atoms with Crippen LogP contribution in [0.2, 0.25) is 6.04 Å². The summed E-state index contributed by atoms with van der Waals surface area (Å²) in [7, 11) is -0.678. The molecular weight excluding hydrogens is 232 g/mol. The smallest absolute Gasteiger partial charge is 0.377 e. The fourth-order valence-corrected chi connectivity index (χ4v) is 4.24. The Kier molecular flexibility index (Phi) is 10.1. The van der Waals surface area contributed by atoms with Gasteiger partial charge in [-0.1, -0.05) is 40.5 Å². The van der Waals surface area contributed by atoms with Crippen LogP contribution in [0.4, 0.5) is 0 Å². The number of hydrogen-bond acceptors (Lipinski definition) is 3. The summed E-state index contributed by atoms with van der Waals surface area (Å²) in [5.74, 6) is 0.546. The Hall–Kier alpha value is 0.0969. The highest BCUT2D eigenvalue weighted by atomic mass is 28.4. The lowest BCUT2D eigenvalue weighted by molar-refractivity contribution is 0.0720. The summed E-state index contributed by atoms with van der Waals surface area (Å²) in [6.07, 6.45) is 4.44. The SMILES string of the molecule is CCCCO[Si](CC(C)C)(OC)OCCCC. The molecule has 0 amide bonds. The maximum atomic E-state index is 5.97. The average Bonchev–Trinajstić information content (AvgIpc) is 2.28. The van der Waals surface area contributed by atoms with E-state index in [9.17, 15) is 0 Å². The molecule has 0 saturated heterocycles. The molecule has 0 rings (SSSR count). The third kappa shape index (κ3) is 7.92. The Labute approximate surface area is 108 Å². The zero-order valence-corrected chi connectivity index (χ0v) is 13.3. The van der Waals surface area contributed by atoms with Crippen LogP contribution in [0.15, 0.2) is 0 Å². The van der Waals surface area contributed by atoms with E-state index in [1.807, 2.05) is 0 Å². The maximum absolute atomic E-state index is 5.97. The Bertz CT molecular complexity index is 164. The van der Waals surface area contributed by atoms with E-state index >= 15 is 0 Å². The van der Waals surface area contributed by atoms with Crippen molar-refractivity contribution in [3.05, 3.63) is 0 Å². The number of hydrogen-bond donors (Lipinski definition) is 0. The number of rotatable bonds is 11. The monoisotopic (exact) mass is 262 g/mol. The van der Waals surface area contributed by atoms with Crippen molar-refractivity contribution < 1.29 is 13.3 Å². The predicted octanol–water partition coefficient (Wildman–Crippen LogP) is 3.86. The molecule has 0 radical (unpaired) electrons.